The van der Waals surface area contributed by atoms with E-state index in [-0.39, 0.29) is 16.6 Å². The van der Waals surface area contributed by atoms with Crippen molar-refractivity contribution in [3.8, 4) is 0 Å². The van der Waals surface area contributed by atoms with Crippen molar-refractivity contribution < 1.29 is 13.3 Å². The molecule has 1 aliphatic carbocycles. The van der Waals surface area contributed by atoms with Crippen LogP contribution in [0.5, 0.6) is 0 Å². The summed E-state index contributed by atoms with van der Waals surface area (Å²) in [6.07, 6.45) is 3.38. The zero-order valence-electron chi connectivity index (χ0n) is 13.1. The van der Waals surface area contributed by atoms with Gasteiger partial charge in [0.05, 0.1) is 9.82 Å². The van der Waals surface area contributed by atoms with Crippen molar-refractivity contribution in [2.75, 3.05) is 19.6 Å². The van der Waals surface area contributed by atoms with Crippen LogP contribution in [0.25, 0.3) is 0 Å². The summed E-state index contributed by atoms with van der Waals surface area (Å²) in [4.78, 5) is 12.7. The van der Waals surface area contributed by atoms with E-state index in [4.69, 9.17) is 0 Å². The van der Waals surface area contributed by atoms with Gasteiger partial charge in [0.15, 0.2) is 0 Å². The lowest BCUT2D eigenvalue weighted by molar-refractivity contribution is -0.385. The fourth-order valence-corrected chi connectivity index (χ4v) is 4.39. The number of benzene rings is 1. The predicted octanol–water partition coefficient (Wildman–Crippen LogP) is 1.67. The van der Waals surface area contributed by atoms with Crippen molar-refractivity contribution in [1.29, 1.82) is 0 Å². The highest BCUT2D eigenvalue weighted by atomic mass is 32.2. The lowest BCUT2D eigenvalue weighted by Gasteiger charge is -2.16. The summed E-state index contributed by atoms with van der Waals surface area (Å²) in [5.74, 6) is 0.794. The Kier molecular flexibility index (Phi) is 4.39. The Morgan fingerprint density at radius 3 is 2.70 bits per heavy atom. The minimum Gasteiger partial charge on any atom is -0.301 e. The molecule has 0 aromatic heterocycles. The zero-order chi connectivity index (χ0) is 16.6. The van der Waals surface area contributed by atoms with Crippen LogP contribution in [0.15, 0.2) is 23.1 Å². The van der Waals surface area contributed by atoms with Gasteiger partial charge in [0.1, 0.15) is 0 Å². The third-order valence-electron chi connectivity index (χ3n) is 4.48. The molecule has 0 radical (unpaired) electrons. The van der Waals surface area contributed by atoms with E-state index in [0.29, 0.717) is 5.56 Å². The Hall–Kier alpha value is -1.51. The molecule has 3 rings (SSSR count). The maximum Gasteiger partial charge on any atom is 0.272 e. The number of aryl methyl sites for hydroxylation is 1. The van der Waals surface area contributed by atoms with Gasteiger partial charge in [0.25, 0.3) is 5.69 Å². The number of nitrogens with zero attached hydrogens (tertiary/aromatic N) is 2. The molecule has 0 bridgehead atoms. The third kappa shape index (κ3) is 3.88. The Labute approximate surface area is 135 Å². The highest BCUT2D eigenvalue weighted by Crippen LogP contribution is 2.31. The number of nitrogens with one attached hydrogen (secondary N) is 1. The summed E-state index contributed by atoms with van der Waals surface area (Å²) in [5.41, 5.74) is 0.278. The molecule has 23 heavy (non-hydrogen) atoms. The first-order valence-corrected chi connectivity index (χ1v) is 9.33. The molecular formula is C15H21N3O4S. The lowest BCUT2D eigenvalue weighted by Crippen LogP contribution is -2.37. The standard InChI is InChI=1S/C15H21N3O4S/c1-11-8-14(4-5-15(11)18(19)20)23(21,22)16-13-6-7-17(10-13)9-12-2-3-12/h4-5,8,12-13,16H,2-3,6-7,9-10H2,1H3/t13-/m1/s1. The second kappa shape index (κ2) is 6.18. The van der Waals surface area contributed by atoms with E-state index in [1.165, 1.54) is 31.0 Å². The molecule has 7 nitrogen and oxygen atoms in total. The maximum atomic E-state index is 12.5. The van der Waals surface area contributed by atoms with Gasteiger partial charge in [-0.05, 0) is 50.8 Å². The zero-order valence-corrected chi connectivity index (χ0v) is 13.9. The van der Waals surface area contributed by atoms with Gasteiger partial charge < -0.3 is 4.90 Å². The topological polar surface area (TPSA) is 92.6 Å². The predicted molar refractivity (Wildman–Crippen MR) is 85.7 cm³/mol. The number of nitro benzene ring substituents is 1. The molecule has 1 aromatic rings. The smallest absolute Gasteiger partial charge is 0.272 e. The summed E-state index contributed by atoms with van der Waals surface area (Å²) in [5, 5.41) is 10.8. The van der Waals surface area contributed by atoms with E-state index in [2.05, 4.69) is 9.62 Å². The molecule has 2 fully saturated rings. The molecule has 0 unspecified atom stereocenters. The molecule has 1 atom stereocenters. The van der Waals surface area contributed by atoms with Crippen molar-refractivity contribution in [2.24, 2.45) is 5.92 Å². The monoisotopic (exact) mass is 339 g/mol. The van der Waals surface area contributed by atoms with Gasteiger partial charge in [0.2, 0.25) is 10.0 Å². The van der Waals surface area contributed by atoms with Gasteiger partial charge in [0, 0.05) is 30.8 Å². The van der Waals surface area contributed by atoms with Gasteiger partial charge in [-0.1, -0.05) is 0 Å². The summed E-state index contributed by atoms with van der Waals surface area (Å²) in [7, 11) is -3.64. The van der Waals surface area contributed by atoms with E-state index in [1.54, 1.807) is 6.92 Å². The van der Waals surface area contributed by atoms with Crippen LogP contribution in [0.4, 0.5) is 5.69 Å². The molecule has 1 heterocycles. The van der Waals surface area contributed by atoms with Crippen LogP contribution in [0.3, 0.4) is 0 Å². The first-order valence-electron chi connectivity index (χ1n) is 7.85. The minimum atomic E-state index is -3.64. The van der Waals surface area contributed by atoms with Crippen LogP contribution < -0.4 is 4.72 Å². The van der Waals surface area contributed by atoms with Crippen LogP contribution in [0.1, 0.15) is 24.8 Å². The highest BCUT2D eigenvalue weighted by molar-refractivity contribution is 7.89. The molecule has 1 aromatic carbocycles. The van der Waals surface area contributed by atoms with Crippen LogP contribution in [-0.4, -0.2) is 43.9 Å². The van der Waals surface area contributed by atoms with Crippen LogP contribution in [-0.2, 0) is 10.0 Å². The average Bonchev–Trinajstić information content (AvgIpc) is 3.17. The number of hydrogen-bond donors (Lipinski definition) is 1. The molecule has 1 N–H and O–H groups in total. The van der Waals surface area contributed by atoms with Crippen LogP contribution >= 0.6 is 0 Å². The van der Waals surface area contributed by atoms with Crippen LogP contribution in [0.2, 0.25) is 0 Å². The quantitative estimate of drug-likeness (QED) is 0.628. The molecule has 126 valence electrons. The van der Waals surface area contributed by atoms with E-state index in [9.17, 15) is 18.5 Å². The molecule has 1 saturated heterocycles. The molecule has 0 amide bonds. The highest BCUT2D eigenvalue weighted by Gasteiger charge is 2.31. The number of hydrogen-bond acceptors (Lipinski definition) is 5. The Morgan fingerprint density at radius 2 is 2.09 bits per heavy atom. The van der Waals surface area contributed by atoms with Gasteiger partial charge in [-0.2, -0.15) is 0 Å². The number of likely N-dealkylation sites (tertiary alicyclic amines) is 1. The Morgan fingerprint density at radius 1 is 1.35 bits per heavy atom. The van der Waals surface area contributed by atoms with Gasteiger partial charge in [-0.15, -0.1) is 0 Å². The molecule has 2 aliphatic rings. The summed E-state index contributed by atoms with van der Waals surface area (Å²) in [6.45, 7) is 4.27. The Bertz CT molecular complexity index is 715. The van der Waals surface area contributed by atoms with Crippen molar-refractivity contribution in [1.82, 2.24) is 9.62 Å². The Balaban J connectivity index is 1.67. The van der Waals surface area contributed by atoms with Crippen molar-refractivity contribution in [3.63, 3.8) is 0 Å². The second-order valence-corrected chi connectivity index (χ2v) is 8.23. The van der Waals surface area contributed by atoms with Crippen molar-refractivity contribution in [2.45, 2.75) is 37.1 Å². The van der Waals surface area contributed by atoms with Gasteiger partial charge in [-0.25, -0.2) is 13.1 Å². The summed E-state index contributed by atoms with van der Waals surface area (Å²) in [6, 6.07) is 3.81. The summed E-state index contributed by atoms with van der Waals surface area (Å²) < 4.78 is 27.7. The number of sulfonamides is 1. The maximum absolute atomic E-state index is 12.5. The SMILES string of the molecule is Cc1cc(S(=O)(=O)N[C@@H]2CCN(CC3CC3)C2)ccc1[N+](=O)[O-]. The first-order chi connectivity index (χ1) is 10.8. The fraction of sp³-hybridized carbons (Fsp3) is 0.600. The average molecular weight is 339 g/mol. The summed E-state index contributed by atoms with van der Waals surface area (Å²) >= 11 is 0. The normalized spacial score (nSPS) is 22.4. The van der Waals surface area contributed by atoms with E-state index < -0.39 is 14.9 Å². The largest absolute Gasteiger partial charge is 0.301 e. The molecule has 8 heteroatoms. The molecular weight excluding hydrogens is 318 g/mol. The lowest BCUT2D eigenvalue weighted by atomic mass is 10.2. The van der Waals surface area contributed by atoms with Crippen molar-refractivity contribution >= 4 is 15.7 Å². The number of rotatable bonds is 6. The van der Waals surface area contributed by atoms with Gasteiger partial charge in [-0.3, -0.25) is 10.1 Å². The molecule has 1 aliphatic heterocycles. The number of nitro groups is 1. The molecule has 0 spiro atoms. The van der Waals surface area contributed by atoms with Gasteiger partial charge >= 0.3 is 0 Å². The van der Waals surface area contributed by atoms with Crippen LogP contribution in [0, 0.1) is 23.0 Å². The first kappa shape index (κ1) is 16.4. The van der Waals surface area contributed by atoms with E-state index in [0.717, 1.165) is 32.0 Å². The molecule has 1 saturated carbocycles. The van der Waals surface area contributed by atoms with E-state index in [1.807, 2.05) is 0 Å². The fourth-order valence-electron chi connectivity index (χ4n) is 3.05. The minimum absolute atomic E-state index is 0.0691. The van der Waals surface area contributed by atoms with E-state index >= 15 is 0 Å². The van der Waals surface area contributed by atoms with Crippen molar-refractivity contribution in [3.05, 3.63) is 33.9 Å². The third-order valence-corrected chi connectivity index (χ3v) is 6.00. The second-order valence-electron chi connectivity index (χ2n) is 6.52.